The Labute approximate surface area is 135 Å². The van der Waals surface area contributed by atoms with Crippen molar-refractivity contribution in [3.63, 3.8) is 0 Å². The largest absolute Gasteiger partial charge is 0.392 e. The first-order chi connectivity index (χ1) is 10.9. The molecule has 23 heavy (non-hydrogen) atoms. The number of rotatable bonds is 3. The summed E-state index contributed by atoms with van der Waals surface area (Å²) in [7, 11) is -3.23. The quantitative estimate of drug-likeness (QED) is 0.802. The second-order valence-corrected chi connectivity index (χ2v) is 7.61. The Balaban J connectivity index is 2.20. The van der Waals surface area contributed by atoms with Crippen LogP contribution in [0.2, 0.25) is 0 Å². The van der Waals surface area contributed by atoms with Gasteiger partial charge in [0.1, 0.15) is 0 Å². The van der Waals surface area contributed by atoms with Crippen LogP contribution in [-0.4, -0.2) is 24.8 Å². The van der Waals surface area contributed by atoms with Crippen molar-refractivity contribution in [3.8, 4) is 11.3 Å². The molecule has 0 saturated carbocycles. The third-order valence-corrected chi connectivity index (χ3v) is 4.98. The number of aliphatic hydroxyl groups excluding tert-OH is 1. The lowest BCUT2D eigenvalue weighted by Gasteiger charge is -2.11. The van der Waals surface area contributed by atoms with E-state index in [-0.39, 0.29) is 11.5 Å². The fourth-order valence-corrected chi connectivity index (χ4v) is 3.25. The van der Waals surface area contributed by atoms with Gasteiger partial charge in [0.2, 0.25) is 0 Å². The molecule has 5 heteroatoms. The Hall–Kier alpha value is -2.24. The van der Waals surface area contributed by atoms with Crippen molar-refractivity contribution in [2.45, 2.75) is 18.4 Å². The highest BCUT2D eigenvalue weighted by Crippen LogP contribution is 2.28. The normalized spacial score (nSPS) is 11.8. The number of pyridine rings is 1. The SMILES string of the molecule is Cc1cccc2cc(CO)c(-c3ccc(S(C)(=O)=O)cc3)nc12. The third-order valence-electron chi connectivity index (χ3n) is 3.85. The minimum absolute atomic E-state index is 0.125. The van der Waals surface area contributed by atoms with Crippen molar-refractivity contribution in [2.75, 3.05) is 6.26 Å². The summed E-state index contributed by atoms with van der Waals surface area (Å²) in [6.45, 7) is 1.87. The van der Waals surface area contributed by atoms with Crippen LogP contribution in [0.4, 0.5) is 0 Å². The van der Waals surface area contributed by atoms with Crippen molar-refractivity contribution in [1.29, 1.82) is 0 Å². The Morgan fingerprint density at radius 3 is 2.39 bits per heavy atom. The van der Waals surface area contributed by atoms with E-state index in [1.807, 2.05) is 31.2 Å². The average molecular weight is 327 g/mol. The first kappa shape index (κ1) is 15.6. The van der Waals surface area contributed by atoms with E-state index >= 15 is 0 Å². The monoisotopic (exact) mass is 327 g/mol. The van der Waals surface area contributed by atoms with Gasteiger partial charge < -0.3 is 5.11 Å². The number of nitrogens with zero attached hydrogens (tertiary/aromatic N) is 1. The molecule has 0 aliphatic rings. The van der Waals surface area contributed by atoms with E-state index in [9.17, 15) is 13.5 Å². The molecule has 0 unspecified atom stereocenters. The van der Waals surface area contributed by atoms with Crippen LogP contribution in [0, 0.1) is 6.92 Å². The average Bonchev–Trinajstić information content (AvgIpc) is 2.53. The van der Waals surface area contributed by atoms with Gasteiger partial charge in [0.25, 0.3) is 0 Å². The van der Waals surface area contributed by atoms with Crippen molar-refractivity contribution in [1.82, 2.24) is 4.98 Å². The number of aliphatic hydroxyl groups is 1. The molecule has 0 radical (unpaired) electrons. The Kier molecular flexibility index (Phi) is 3.92. The van der Waals surface area contributed by atoms with Crippen molar-refractivity contribution < 1.29 is 13.5 Å². The second-order valence-electron chi connectivity index (χ2n) is 5.60. The summed E-state index contributed by atoms with van der Waals surface area (Å²) >= 11 is 0. The summed E-state index contributed by atoms with van der Waals surface area (Å²) in [5.41, 5.74) is 4.11. The molecular weight excluding hydrogens is 310 g/mol. The van der Waals surface area contributed by atoms with Gasteiger partial charge in [0.15, 0.2) is 9.84 Å². The summed E-state index contributed by atoms with van der Waals surface area (Å²) in [4.78, 5) is 4.97. The molecule has 0 saturated heterocycles. The summed E-state index contributed by atoms with van der Waals surface area (Å²) < 4.78 is 23.1. The molecular formula is C18H17NO3S. The van der Waals surface area contributed by atoms with Gasteiger partial charge in [-0.1, -0.05) is 30.3 Å². The summed E-state index contributed by atoms with van der Waals surface area (Å²) in [5, 5.41) is 10.6. The lowest BCUT2D eigenvalue weighted by atomic mass is 10.0. The number of hydrogen-bond acceptors (Lipinski definition) is 4. The van der Waals surface area contributed by atoms with E-state index in [4.69, 9.17) is 4.98 Å². The molecule has 0 amide bonds. The van der Waals surface area contributed by atoms with Gasteiger partial charge in [-0.25, -0.2) is 13.4 Å². The number of aromatic nitrogens is 1. The van der Waals surface area contributed by atoms with Gasteiger partial charge in [-0.3, -0.25) is 0 Å². The van der Waals surface area contributed by atoms with Crippen LogP contribution in [0.15, 0.2) is 53.4 Å². The molecule has 3 rings (SSSR count). The zero-order chi connectivity index (χ0) is 16.6. The summed E-state index contributed by atoms with van der Waals surface area (Å²) in [5.74, 6) is 0. The first-order valence-corrected chi connectivity index (χ1v) is 9.10. The number of benzene rings is 2. The molecule has 1 heterocycles. The fourth-order valence-electron chi connectivity index (χ4n) is 2.62. The third kappa shape index (κ3) is 2.98. The van der Waals surface area contributed by atoms with Crippen molar-refractivity contribution in [3.05, 3.63) is 59.7 Å². The minimum atomic E-state index is -3.23. The molecule has 0 aliphatic heterocycles. The van der Waals surface area contributed by atoms with Gasteiger partial charge in [-0.2, -0.15) is 0 Å². The number of sulfone groups is 1. The second kappa shape index (κ2) is 5.76. The molecule has 0 atom stereocenters. The van der Waals surface area contributed by atoms with Crippen LogP contribution in [0.5, 0.6) is 0 Å². The molecule has 1 N–H and O–H groups in total. The van der Waals surface area contributed by atoms with Crippen LogP contribution in [-0.2, 0) is 16.4 Å². The molecule has 0 aliphatic carbocycles. The highest BCUT2D eigenvalue weighted by atomic mass is 32.2. The van der Waals surface area contributed by atoms with E-state index in [0.717, 1.165) is 27.6 Å². The predicted octanol–water partition coefficient (Wildman–Crippen LogP) is 3.11. The Bertz CT molecular complexity index is 977. The molecule has 1 aromatic heterocycles. The number of hydrogen-bond donors (Lipinski definition) is 1. The van der Waals surface area contributed by atoms with Crippen LogP contribution in [0.3, 0.4) is 0 Å². The van der Waals surface area contributed by atoms with E-state index < -0.39 is 9.84 Å². The van der Waals surface area contributed by atoms with E-state index in [2.05, 4.69) is 0 Å². The van der Waals surface area contributed by atoms with Gasteiger partial charge >= 0.3 is 0 Å². The van der Waals surface area contributed by atoms with Crippen LogP contribution >= 0.6 is 0 Å². The number of para-hydroxylation sites is 1. The smallest absolute Gasteiger partial charge is 0.175 e. The van der Waals surface area contributed by atoms with E-state index in [0.29, 0.717) is 5.69 Å². The molecule has 118 valence electrons. The fraction of sp³-hybridized carbons (Fsp3) is 0.167. The first-order valence-electron chi connectivity index (χ1n) is 7.21. The lowest BCUT2D eigenvalue weighted by molar-refractivity contribution is 0.282. The Morgan fingerprint density at radius 1 is 1.09 bits per heavy atom. The van der Waals surface area contributed by atoms with Crippen LogP contribution in [0.1, 0.15) is 11.1 Å². The van der Waals surface area contributed by atoms with E-state index in [1.54, 1.807) is 24.3 Å². The molecule has 2 aromatic carbocycles. The summed E-state index contributed by atoms with van der Waals surface area (Å²) in [6.07, 6.45) is 1.18. The topological polar surface area (TPSA) is 67.3 Å². The van der Waals surface area contributed by atoms with Crippen LogP contribution in [0.25, 0.3) is 22.2 Å². The molecule has 0 bridgehead atoms. The highest BCUT2D eigenvalue weighted by Gasteiger charge is 2.12. The van der Waals surface area contributed by atoms with Gasteiger partial charge in [0.05, 0.1) is 22.7 Å². The zero-order valence-corrected chi connectivity index (χ0v) is 13.8. The molecule has 3 aromatic rings. The Morgan fingerprint density at radius 2 is 1.78 bits per heavy atom. The van der Waals surface area contributed by atoms with E-state index in [1.165, 1.54) is 6.26 Å². The maximum absolute atomic E-state index is 11.6. The number of aryl methyl sites for hydroxylation is 1. The van der Waals surface area contributed by atoms with Crippen molar-refractivity contribution in [2.24, 2.45) is 0 Å². The van der Waals surface area contributed by atoms with Gasteiger partial charge in [0, 0.05) is 22.8 Å². The standard InChI is InChI=1S/C18H17NO3S/c1-12-4-3-5-14-10-15(11-20)18(19-17(12)14)13-6-8-16(9-7-13)23(2,21)22/h3-10,20H,11H2,1-2H3. The maximum Gasteiger partial charge on any atom is 0.175 e. The van der Waals surface area contributed by atoms with Gasteiger partial charge in [-0.05, 0) is 30.7 Å². The van der Waals surface area contributed by atoms with Gasteiger partial charge in [-0.15, -0.1) is 0 Å². The lowest BCUT2D eigenvalue weighted by Crippen LogP contribution is -1.98. The maximum atomic E-state index is 11.6. The summed E-state index contributed by atoms with van der Waals surface area (Å²) in [6, 6.07) is 14.4. The predicted molar refractivity (Wildman–Crippen MR) is 90.9 cm³/mol. The van der Waals surface area contributed by atoms with Crippen molar-refractivity contribution >= 4 is 20.7 Å². The van der Waals surface area contributed by atoms with Crippen LogP contribution < -0.4 is 0 Å². The molecule has 4 nitrogen and oxygen atoms in total. The highest BCUT2D eigenvalue weighted by molar-refractivity contribution is 7.90. The minimum Gasteiger partial charge on any atom is -0.392 e. The molecule has 0 spiro atoms. The molecule has 0 fully saturated rings. The number of fused-ring (bicyclic) bond motifs is 1. The zero-order valence-electron chi connectivity index (χ0n) is 12.9.